The molecule has 6 nitrogen and oxygen atoms in total. The maximum atomic E-state index is 11.3. The molecule has 2 N–H and O–H groups in total. The fourth-order valence-electron chi connectivity index (χ4n) is 0.963. The average molecular weight is 252 g/mol. The molecule has 0 radical (unpaired) electrons. The molecule has 0 aromatic carbocycles. The van der Waals surface area contributed by atoms with Gasteiger partial charge in [0, 0.05) is 5.38 Å². The van der Waals surface area contributed by atoms with Crippen LogP contribution in [0.5, 0.6) is 0 Å². The van der Waals surface area contributed by atoms with E-state index >= 15 is 0 Å². The Balaban J connectivity index is 2.56. The largest absolute Gasteiger partial charge is 0.335 e. The van der Waals surface area contributed by atoms with Crippen LogP contribution in [-0.2, 0) is 9.59 Å². The molecule has 0 aliphatic heterocycles. The van der Waals surface area contributed by atoms with Gasteiger partial charge in [-0.05, 0) is 5.92 Å². The van der Waals surface area contributed by atoms with Crippen LogP contribution in [0.15, 0.2) is 5.38 Å². The van der Waals surface area contributed by atoms with E-state index in [1.807, 2.05) is 19.2 Å². The lowest BCUT2D eigenvalue weighted by Crippen LogP contribution is -2.35. The second kappa shape index (κ2) is 5.96. The molecule has 0 unspecified atom stereocenters. The first-order valence-corrected chi connectivity index (χ1v) is 5.84. The minimum Gasteiger partial charge on any atom is -0.335 e. The van der Waals surface area contributed by atoms with Crippen molar-refractivity contribution < 1.29 is 9.59 Å². The first-order chi connectivity index (χ1) is 8.04. The Morgan fingerprint density at radius 1 is 1.53 bits per heavy atom. The second-order valence-corrected chi connectivity index (χ2v) is 4.39. The standard InChI is InChI=1S/C10H12N4O2S/c1-6(2)7-5-17-10(13-7)14-9(16)8(15)12-4-3-11/h5-6H,4H2,1-2H3,(H,12,15)(H,13,14,16). The van der Waals surface area contributed by atoms with Crippen molar-refractivity contribution in [3.63, 3.8) is 0 Å². The molecule has 0 atom stereocenters. The van der Waals surface area contributed by atoms with Gasteiger partial charge in [-0.1, -0.05) is 13.8 Å². The monoisotopic (exact) mass is 252 g/mol. The van der Waals surface area contributed by atoms with E-state index in [0.717, 1.165) is 5.69 Å². The molecule has 0 saturated carbocycles. The number of nitriles is 1. The number of carbonyl (C=O) groups is 2. The van der Waals surface area contributed by atoms with E-state index in [0.29, 0.717) is 5.13 Å². The first kappa shape index (κ1) is 13.1. The number of aromatic nitrogens is 1. The molecule has 90 valence electrons. The van der Waals surface area contributed by atoms with Crippen LogP contribution < -0.4 is 10.6 Å². The SMILES string of the molecule is CC(C)c1csc(NC(=O)C(=O)NCC#N)n1. The number of hydrogen-bond acceptors (Lipinski definition) is 5. The molecule has 0 aliphatic carbocycles. The van der Waals surface area contributed by atoms with E-state index in [4.69, 9.17) is 5.26 Å². The Morgan fingerprint density at radius 3 is 2.76 bits per heavy atom. The van der Waals surface area contributed by atoms with Crippen LogP contribution >= 0.6 is 11.3 Å². The first-order valence-electron chi connectivity index (χ1n) is 4.96. The summed E-state index contributed by atoms with van der Waals surface area (Å²) >= 11 is 1.26. The van der Waals surface area contributed by atoms with E-state index in [-0.39, 0.29) is 12.5 Å². The third-order valence-electron chi connectivity index (χ3n) is 1.87. The summed E-state index contributed by atoms with van der Waals surface area (Å²) in [5.41, 5.74) is 0.864. The quantitative estimate of drug-likeness (QED) is 0.615. The summed E-state index contributed by atoms with van der Waals surface area (Å²) in [6.07, 6.45) is 0. The van der Waals surface area contributed by atoms with Crippen molar-refractivity contribution >= 4 is 28.3 Å². The smallest absolute Gasteiger partial charge is 0.315 e. The molecule has 0 spiro atoms. The fraction of sp³-hybridized carbons (Fsp3) is 0.400. The third-order valence-corrected chi connectivity index (χ3v) is 2.64. The van der Waals surface area contributed by atoms with Crippen molar-refractivity contribution in [2.45, 2.75) is 19.8 Å². The lowest BCUT2D eigenvalue weighted by atomic mass is 10.2. The van der Waals surface area contributed by atoms with Crippen molar-refractivity contribution in [1.82, 2.24) is 10.3 Å². The number of rotatable bonds is 3. The summed E-state index contributed by atoms with van der Waals surface area (Å²) in [5, 5.41) is 15.0. The van der Waals surface area contributed by atoms with E-state index in [1.54, 1.807) is 6.07 Å². The van der Waals surface area contributed by atoms with Crippen LogP contribution in [0.1, 0.15) is 25.5 Å². The summed E-state index contributed by atoms with van der Waals surface area (Å²) in [7, 11) is 0. The van der Waals surface area contributed by atoms with Gasteiger partial charge in [-0.25, -0.2) is 4.98 Å². The lowest BCUT2D eigenvalue weighted by Gasteiger charge is -2.01. The van der Waals surface area contributed by atoms with Gasteiger partial charge in [-0.3, -0.25) is 14.9 Å². The molecule has 2 amide bonds. The predicted molar refractivity (Wildman–Crippen MR) is 63.5 cm³/mol. The Bertz CT molecular complexity index is 461. The second-order valence-electron chi connectivity index (χ2n) is 3.53. The van der Waals surface area contributed by atoms with Gasteiger partial charge < -0.3 is 5.32 Å². The Hall–Kier alpha value is -1.94. The summed E-state index contributed by atoms with van der Waals surface area (Å²) in [6.45, 7) is 3.78. The molecule has 0 saturated heterocycles. The van der Waals surface area contributed by atoms with Gasteiger partial charge in [0.1, 0.15) is 6.54 Å². The molecule has 1 heterocycles. The van der Waals surface area contributed by atoms with Crippen LogP contribution in [0, 0.1) is 11.3 Å². The highest BCUT2D eigenvalue weighted by atomic mass is 32.1. The highest BCUT2D eigenvalue weighted by Gasteiger charge is 2.15. The van der Waals surface area contributed by atoms with Crippen LogP contribution in [0.3, 0.4) is 0 Å². The Morgan fingerprint density at radius 2 is 2.24 bits per heavy atom. The van der Waals surface area contributed by atoms with Gasteiger partial charge >= 0.3 is 11.8 Å². The lowest BCUT2D eigenvalue weighted by molar-refractivity contribution is -0.136. The van der Waals surface area contributed by atoms with Crippen LogP contribution in [-0.4, -0.2) is 23.3 Å². The number of amides is 2. The van der Waals surface area contributed by atoms with Crippen LogP contribution in [0.4, 0.5) is 5.13 Å². The van der Waals surface area contributed by atoms with Crippen molar-refractivity contribution in [3.8, 4) is 6.07 Å². The predicted octanol–water partition coefficient (Wildman–Crippen LogP) is 0.845. The van der Waals surface area contributed by atoms with Crippen molar-refractivity contribution in [3.05, 3.63) is 11.1 Å². The minimum absolute atomic E-state index is 0.193. The van der Waals surface area contributed by atoms with Gasteiger partial charge in [-0.2, -0.15) is 5.26 Å². The zero-order chi connectivity index (χ0) is 12.8. The molecule has 0 aliphatic rings. The van der Waals surface area contributed by atoms with Crippen molar-refractivity contribution in [2.75, 3.05) is 11.9 Å². The number of thiazole rings is 1. The maximum Gasteiger partial charge on any atom is 0.315 e. The van der Waals surface area contributed by atoms with Crippen LogP contribution in [0.2, 0.25) is 0 Å². The molecular formula is C10H12N4O2S. The van der Waals surface area contributed by atoms with E-state index < -0.39 is 11.8 Å². The zero-order valence-corrected chi connectivity index (χ0v) is 10.3. The third kappa shape index (κ3) is 3.85. The molecule has 1 aromatic rings. The highest BCUT2D eigenvalue weighted by Crippen LogP contribution is 2.21. The summed E-state index contributed by atoms with van der Waals surface area (Å²) in [4.78, 5) is 26.6. The highest BCUT2D eigenvalue weighted by molar-refractivity contribution is 7.14. The van der Waals surface area contributed by atoms with Gasteiger partial charge in [-0.15, -0.1) is 11.3 Å². The number of carbonyl (C=O) groups excluding carboxylic acids is 2. The van der Waals surface area contributed by atoms with Gasteiger partial charge in [0.2, 0.25) is 0 Å². The molecule has 1 rings (SSSR count). The average Bonchev–Trinajstić information content (AvgIpc) is 2.74. The molecule has 17 heavy (non-hydrogen) atoms. The number of nitrogens with zero attached hydrogens (tertiary/aromatic N) is 2. The summed E-state index contributed by atoms with van der Waals surface area (Å²) < 4.78 is 0. The minimum atomic E-state index is -0.840. The van der Waals surface area contributed by atoms with Gasteiger partial charge in [0.25, 0.3) is 0 Å². The van der Waals surface area contributed by atoms with Gasteiger partial charge in [0.05, 0.1) is 11.8 Å². The van der Waals surface area contributed by atoms with E-state index in [1.165, 1.54) is 11.3 Å². The molecule has 0 fully saturated rings. The zero-order valence-electron chi connectivity index (χ0n) is 9.48. The Labute approximate surface area is 103 Å². The van der Waals surface area contributed by atoms with Crippen LogP contribution in [0.25, 0.3) is 0 Å². The topological polar surface area (TPSA) is 94.9 Å². The molecule has 0 bridgehead atoms. The maximum absolute atomic E-state index is 11.3. The van der Waals surface area contributed by atoms with E-state index in [2.05, 4.69) is 15.6 Å². The van der Waals surface area contributed by atoms with Crippen molar-refractivity contribution in [2.24, 2.45) is 0 Å². The normalized spacial score (nSPS) is 9.76. The molecular weight excluding hydrogens is 240 g/mol. The van der Waals surface area contributed by atoms with E-state index in [9.17, 15) is 9.59 Å². The van der Waals surface area contributed by atoms with Crippen molar-refractivity contribution in [1.29, 1.82) is 5.26 Å². The number of anilines is 1. The van der Waals surface area contributed by atoms with Gasteiger partial charge in [0.15, 0.2) is 5.13 Å². The number of nitrogens with one attached hydrogen (secondary N) is 2. The molecule has 7 heteroatoms. The summed E-state index contributed by atoms with van der Waals surface area (Å²) in [5.74, 6) is -1.39. The number of hydrogen-bond donors (Lipinski definition) is 2. The Kier molecular flexibility index (Phi) is 4.60. The summed E-state index contributed by atoms with van der Waals surface area (Å²) in [6, 6.07) is 1.71. The molecule has 1 aromatic heterocycles. The fourth-order valence-corrected chi connectivity index (χ4v) is 1.83.